The average molecular weight is 287 g/mol. The summed E-state index contributed by atoms with van der Waals surface area (Å²) in [6.07, 6.45) is 0. The summed E-state index contributed by atoms with van der Waals surface area (Å²) < 4.78 is 26.4. The van der Waals surface area contributed by atoms with Gasteiger partial charge in [0, 0.05) is 21.4 Å². The number of methoxy groups -OCH3 is 1. The lowest BCUT2D eigenvalue weighted by atomic mass is 10.1. The molecule has 0 saturated heterocycles. The molecule has 90 valence electrons. The van der Waals surface area contributed by atoms with Gasteiger partial charge >= 0.3 is 5.97 Å². The van der Waals surface area contributed by atoms with E-state index in [4.69, 9.17) is 4.21 Å². The number of aryl methyl sites for hydroxylation is 1. The van der Waals surface area contributed by atoms with Gasteiger partial charge in [-0.1, -0.05) is 6.07 Å². The van der Waals surface area contributed by atoms with Crippen molar-refractivity contribution in [2.75, 3.05) is 7.11 Å². The van der Waals surface area contributed by atoms with Crippen LogP contribution in [0.3, 0.4) is 0 Å². The molecule has 0 heterocycles. The molecule has 0 bridgehead atoms. The van der Waals surface area contributed by atoms with E-state index >= 15 is 0 Å². The Morgan fingerprint density at radius 2 is 1.94 bits per heavy atom. The summed E-state index contributed by atoms with van der Waals surface area (Å²) in [6, 6.07) is 4.24. The molecule has 0 radical (unpaired) electrons. The third-order valence-corrected chi connectivity index (χ3v) is 1.59. The minimum absolute atomic E-state index is 0.237. The van der Waals surface area contributed by atoms with Crippen LogP contribution in [0.4, 0.5) is 4.39 Å². The molecule has 0 spiro atoms. The monoisotopic (exact) mass is 286 g/mol. The van der Waals surface area contributed by atoms with E-state index in [2.05, 4.69) is 26.1 Å². The van der Waals surface area contributed by atoms with Gasteiger partial charge in [-0.25, -0.2) is 13.4 Å². The molecular formula is C9H9Cl2FO3S. The summed E-state index contributed by atoms with van der Waals surface area (Å²) >= 11 is 0. The van der Waals surface area contributed by atoms with Crippen LogP contribution in [0.15, 0.2) is 18.2 Å². The number of hydrogen-bond acceptors (Lipinski definition) is 3. The SMILES string of the molecule is COC(=O)c1ccc(C)c(F)c1.O=S(Cl)Cl. The Morgan fingerprint density at radius 3 is 2.31 bits per heavy atom. The first-order valence-corrected chi connectivity index (χ1v) is 6.77. The van der Waals surface area contributed by atoms with Crippen molar-refractivity contribution in [3.05, 3.63) is 35.1 Å². The molecule has 1 aromatic carbocycles. The summed E-state index contributed by atoms with van der Waals surface area (Å²) in [5.41, 5.74) is 0.753. The van der Waals surface area contributed by atoms with E-state index in [9.17, 15) is 9.18 Å². The molecule has 0 aromatic heterocycles. The zero-order chi connectivity index (χ0) is 12.7. The number of carbonyl (C=O) groups is 1. The van der Waals surface area contributed by atoms with Gasteiger partial charge in [0.05, 0.1) is 12.7 Å². The quantitative estimate of drug-likeness (QED) is 0.589. The van der Waals surface area contributed by atoms with Gasteiger partial charge in [-0.2, -0.15) is 0 Å². The highest BCUT2D eigenvalue weighted by Gasteiger charge is 2.06. The minimum Gasteiger partial charge on any atom is -0.465 e. The Labute approximate surface area is 104 Å². The summed E-state index contributed by atoms with van der Waals surface area (Å²) in [5.74, 6) is -0.910. The highest BCUT2D eigenvalue weighted by atomic mass is 36.0. The van der Waals surface area contributed by atoms with E-state index < -0.39 is 21.0 Å². The predicted molar refractivity (Wildman–Crippen MR) is 62.3 cm³/mol. The Bertz CT molecular complexity index is 394. The van der Waals surface area contributed by atoms with Crippen LogP contribution in [0.1, 0.15) is 15.9 Å². The normalized spacial score (nSPS) is 9.38. The van der Waals surface area contributed by atoms with E-state index in [1.807, 2.05) is 0 Å². The smallest absolute Gasteiger partial charge is 0.337 e. The van der Waals surface area contributed by atoms with Crippen LogP contribution in [0.2, 0.25) is 0 Å². The molecule has 0 aliphatic heterocycles. The first-order valence-electron chi connectivity index (χ1n) is 3.97. The minimum atomic E-state index is -1.67. The van der Waals surface area contributed by atoms with Crippen LogP contribution in [-0.2, 0) is 14.0 Å². The van der Waals surface area contributed by atoms with Crippen molar-refractivity contribution < 1.29 is 18.1 Å². The van der Waals surface area contributed by atoms with Crippen LogP contribution >= 0.6 is 21.4 Å². The van der Waals surface area contributed by atoms with Gasteiger partial charge in [-0.05, 0) is 24.6 Å². The van der Waals surface area contributed by atoms with Gasteiger partial charge in [0.2, 0.25) is 9.23 Å². The topological polar surface area (TPSA) is 43.4 Å². The maximum Gasteiger partial charge on any atom is 0.337 e. The van der Waals surface area contributed by atoms with Crippen molar-refractivity contribution in [3.8, 4) is 0 Å². The lowest BCUT2D eigenvalue weighted by Gasteiger charge is -2.00. The lowest BCUT2D eigenvalue weighted by molar-refractivity contribution is 0.0600. The van der Waals surface area contributed by atoms with Crippen molar-refractivity contribution in [2.45, 2.75) is 6.92 Å². The van der Waals surface area contributed by atoms with Gasteiger partial charge in [-0.15, -0.1) is 0 Å². The molecule has 0 aliphatic carbocycles. The molecule has 3 nitrogen and oxygen atoms in total. The van der Waals surface area contributed by atoms with Gasteiger partial charge in [-0.3, -0.25) is 0 Å². The van der Waals surface area contributed by atoms with E-state index in [0.29, 0.717) is 5.56 Å². The van der Waals surface area contributed by atoms with Crippen LogP contribution < -0.4 is 0 Å². The highest BCUT2D eigenvalue weighted by Crippen LogP contribution is 2.09. The molecule has 0 fully saturated rings. The van der Waals surface area contributed by atoms with Crippen LogP contribution in [0.25, 0.3) is 0 Å². The van der Waals surface area contributed by atoms with Crippen LogP contribution in [0.5, 0.6) is 0 Å². The van der Waals surface area contributed by atoms with E-state index in [1.165, 1.54) is 19.2 Å². The number of hydrogen-bond donors (Lipinski definition) is 0. The molecule has 16 heavy (non-hydrogen) atoms. The third-order valence-electron chi connectivity index (χ3n) is 1.59. The van der Waals surface area contributed by atoms with Crippen LogP contribution in [0, 0.1) is 12.7 Å². The summed E-state index contributed by atoms with van der Waals surface area (Å²) in [4.78, 5) is 10.9. The number of carbonyl (C=O) groups excluding carboxylic acids is 1. The zero-order valence-electron chi connectivity index (χ0n) is 8.50. The Balaban J connectivity index is 0.000000487. The van der Waals surface area contributed by atoms with Crippen molar-refractivity contribution in [2.24, 2.45) is 0 Å². The second-order valence-electron chi connectivity index (χ2n) is 2.64. The fourth-order valence-electron chi connectivity index (χ4n) is 0.838. The number of ether oxygens (including phenoxy) is 1. The Kier molecular flexibility index (Phi) is 7.29. The van der Waals surface area contributed by atoms with Crippen molar-refractivity contribution >= 4 is 36.6 Å². The van der Waals surface area contributed by atoms with E-state index in [1.54, 1.807) is 13.0 Å². The van der Waals surface area contributed by atoms with Crippen LogP contribution in [-0.4, -0.2) is 17.3 Å². The molecule has 0 saturated carbocycles. The number of esters is 1. The van der Waals surface area contributed by atoms with Crippen molar-refractivity contribution in [1.82, 2.24) is 0 Å². The zero-order valence-corrected chi connectivity index (χ0v) is 10.8. The Morgan fingerprint density at radius 1 is 1.44 bits per heavy atom. The molecule has 0 unspecified atom stereocenters. The molecule has 1 rings (SSSR count). The van der Waals surface area contributed by atoms with E-state index in [0.717, 1.165) is 0 Å². The second kappa shape index (κ2) is 7.60. The lowest BCUT2D eigenvalue weighted by Crippen LogP contribution is -2.01. The summed E-state index contributed by atoms with van der Waals surface area (Å²) in [5, 5.41) is 0. The van der Waals surface area contributed by atoms with Crippen molar-refractivity contribution in [1.29, 1.82) is 0 Å². The predicted octanol–water partition coefficient (Wildman–Crippen LogP) is 2.96. The standard InChI is InChI=1S/C9H9FO2.Cl2OS/c1-6-3-4-7(5-8(6)10)9(11)12-2;1-4(2)3/h3-5H,1-2H3;. The molecular weight excluding hydrogens is 278 g/mol. The first-order chi connectivity index (χ1) is 7.38. The molecule has 0 atom stereocenters. The van der Waals surface area contributed by atoms with Crippen molar-refractivity contribution in [3.63, 3.8) is 0 Å². The second-order valence-corrected chi connectivity index (χ2v) is 5.16. The maximum atomic E-state index is 12.9. The number of halogens is 3. The molecule has 1 aromatic rings. The Hall–Kier alpha value is -0.650. The average Bonchev–Trinajstić information content (AvgIpc) is 2.20. The molecule has 0 aliphatic rings. The highest BCUT2D eigenvalue weighted by molar-refractivity contribution is 8.26. The number of benzene rings is 1. The first kappa shape index (κ1) is 15.3. The van der Waals surface area contributed by atoms with Gasteiger partial charge in [0.1, 0.15) is 5.82 Å². The summed E-state index contributed by atoms with van der Waals surface area (Å²) in [7, 11) is 8.62. The number of rotatable bonds is 1. The third kappa shape index (κ3) is 6.05. The molecule has 0 N–H and O–H groups in total. The summed E-state index contributed by atoms with van der Waals surface area (Å²) in [6.45, 7) is 1.64. The van der Waals surface area contributed by atoms with Gasteiger partial charge in [0.25, 0.3) is 0 Å². The van der Waals surface area contributed by atoms with Gasteiger partial charge < -0.3 is 4.74 Å². The van der Waals surface area contributed by atoms with Gasteiger partial charge in [0.15, 0.2) is 0 Å². The van der Waals surface area contributed by atoms with E-state index in [-0.39, 0.29) is 5.56 Å². The largest absolute Gasteiger partial charge is 0.465 e. The molecule has 0 amide bonds. The fraction of sp³-hybridized carbons (Fsp3) is 0.222. The molecule has 7 heteroatoms. The fourth-order valence-corrected chi connectivity index (χ4v) is 0.838. The maximum absolute atomic E-state index is 12.9.